The molecule has 0 amide bonds. The predicted octanol–water partition coefficient (Wildman–Crippen LogP) is 3.38. The zero-order valence-corrected chi connectivity index (χ0v) is 10.8. The van der Waals surface area contributed by atoms with Crippen molar-refractivity contribution in [2.24, 2.45) is 0 Å². The van der Waals surface area contributed by atoms with Crippen molar-refractivity contribution in [3.05, 3.63) is 31.2 Å². The van der Waals surface area contributed by atoms with E-state index in [-0.39, 0.29) is 51.0 Å². The molecular formula is C8H14Cl2Zr. The molecule has 64 valence electrons. The SMILES string of the molecule is Cl.Cl.[C-]1=CC=CC1.[CH2-]CC.[Zr+2]. The molecule has 0 nitrogen and oxygen atoms in total. The van der Waals surface area contributed by atoms with Gasteiger partial charge in [-0.25, -0.2) is 12.2 Å². The van der Waals surface area contributed by atoms with Crippen molar-refractivity contribution in [1.82, 2.24) is 0 Å². The summed E-state index contributed by atoms with van der Waals surface area (Å²) in [4.78, 5) is 0. The summed E-state index contributed by atoms with van der Waals surface area (Å²) in [5.41, 5.74) is 0. The first-order valence-electron chi connectivity index (χ1n) is 2.92. The summed E-state index contributed by atoms with van der Waals surface area (Å²) >= 11 is 0. The molecule has 0 saturated heterocycles. The van der Waals surface area contributed by atoms with E-state index in [0.29, 0.717) is 0 Å². The van der Waals surface area contributed by atoms with Crippen LogP contribution in [0.2, 0.25) is 0 Å². The monoisotopic (exact) mass is 270 g/mol. The minimum absolute atomic E-state index is 0. The van der Waals surface area contributed by atoms with Gasteiger partial charge in [-0.05, 0) is 0 Å². The van der Waals surface area contributed by atoms with E-state index in [2.05, 4.69) is 19.1 Å². The van der Waals surface area contributed by atoms with Crippen molar-refractivity contribution in [2.45, 2.75) is 19.8 Å². The van der Waals surface area contributed by atoms with Gasteiger partial charge in [-0.1, -0.05) is 6.92 Å². The molecule has 0 spiro atoms. The molecule has 0 N–H and O–H groups in total. The number of hydrogen-bond acceptors (Lipinski definition) is 0. The van der Waals surface area contributed by atoms with Crippen LogP contribution in [0.25, 0.3) is 0 Å². The molecule has 0 saturated carbocycles. The average Bonchev–Trinajstić information content (AvgIpc) is 2.17. The molecule has 0 atom stereocenters. The van der Waals surface area contributed by atoms with Crippen LogP contribution < -0.4 is 0 Å². The van der Waals surface area contributed by atoms with Gasteiger partial charge in [0.1, 0.15) is 0 Å². The van der Waals surface area contributed by atoms with E-state index in [9.17, 15) is 0 Å². The standard InChI is InChI=1S/C5H5.C3H7.2ClH.Zr/c1-2-4-5-3-1;1-3-2;;;/h1-3H,4H2;1,3H2,2H3;2*1H;/q2*-1;;;+2. The van der Waals surface area contributed by atoms with Gasteiger partial charge in [0, 0.05) is 0 Å². The Morgan fingerprint density at radius 1 is 1.45 bits per heavy atom. The van der Waals surface area contributed by atoms with Crippen molar-refractivity contribution in [3.8, 4) is 0 Å². The molecule has 1 aliphatic carbocycles. The van der Waals surface area contributed by atoms with Gasteiger partial charge in [0.15, 0.2) is 0 Å². The molecule has 0 heterocycles. The van der Waals surface area contributed by atoms with E-state index in [1.807, 2.05) is 19.1 Å². The molecule has 1 rings (SSSR count). The van der Waals surface area contributed by atoms with Gasteiger partial charge in [0.25, 0.3) is 0 Å². The third-order valence-electron chi connectivity index (χ3n) is 0.586. The van der Waals surface area contributed by atoms with E-state index in [0.717, 1.165) is 12.8 Å². The maximum absolute atomic E-state index is 3.49. The van der Waals surface area contributed by atoms with E-state index in [4.69, 9.17) is 0 Å². The van der Waals surface area contributed by atoms with Crippen LogP contribution in [0, 0.1) is 13.0 Å². The number of allylic oxidation sites excluding steroid dienone is 4. The summed E-state index contributed by atoms with van der Waals surface area (Å²) in [7, 11) is 0. The van der Waals surface area contributed by atoms with Crippen LogP contribution >= 0.6 is 24.8 Å². The van der Waals surface area contributed by atoms with Crippen molar-refractivity contribution in [3.63, 3.8) is 0 Å². The zero-order chi connectivity index (χ0) is 6.24. The van der Waals surface area contributed by atoms with Gasteiger partial charge in [-0.15, -0.1) is 31.2 Å². The molecule has 0 aromatic rings. The zero-order valence-electron chi connectivity index (χ0n) is 6.67. The smallest absolute Gasteiger partial charge is 0.344 e. The molecule has 1 aliphatic rings. The average molecular weight is 272 g/mol. The van der Waals surface area contributed by atoms with Gasteiger partial charge in [-0.2, -0.15) is 12.5 Å². The fraction of sp³-hybridized carbons (Fsp3) is 0.375. The van der Waals surface area contributed by atoms with Crippen molar-refractivity contribution < 1.29 is 26.2 Å². The van der Waals surface area contributed by atoms with E-state index in [1.165, 1.54) is 0 Å². The third-order valence-corrected chi connectivity index (χ3v) is 0.586. The maximum atomic E-state index is 3.49. The number of halogens is 2. The normalized spacial score (nSPS) is 9.64. The second-order valence-electron chi connectivity index (χ2n) is 1.50. The fourth-order valence-electron chi connectivity index (χ4n) is 0.340. The van der Waals surface area contributed by atoms with E-state index >= 15 is 0 Å². The minimum Gasteiger partial charge on any atom is -0.344 e. The Balaban J connectivity index is -0.0000000379. The molecule has 0 fully saturated rings. The Kier molecular flexibility index (Phi) is 46.2. The molecule has 11 heavy (non-hydrogen) atoms. The summed E-state index contributed by atoms with van der Waals surface area (Å²) in [6.07, 6.45) is 11.0. The molecule has 0 bridgehead atoms. The Morgan fingerprint density at radius 2 is 1.91 bits per heavy atom. The van der Waals surface area contributed by atoms with Crippen molar-refractivity contribution in [2.75, 3.05) is 0 Å². The Labute approximate surface area is 101 Å². The Bertz CT molecular complexity index is 80.1. The summed E-state index contributed by atoms with van der Waals surface area (Å²) in [6.45, 7) is 5.50. The Morgan fingerprint density at radius 3 is 2.00 bits per heavy atom. The Hall–Kier alpha value is 0.943. The fourth-order valence-corrected chi connectivity index (χ4v) is 0.340. The van der Waals surface area contributed by atoms with Crippen LogP contribution in [-0.2, 0) is 26.2 Å². The second kappa shape index (κ2) is 22.4. The second-order valence-corrected chi connectivity index (χ2v) is 1.50. The van der Waals surface area contributed by atoms with Crippen LogP contribution in [0.4, 0.5) is 0 Å². The number of hydrogen-bond donors (Lipinski definition) is 0. The molecule has 0 aromatic heterocycles. The van der Waals surface area contributed by atoms with Crippen LogP contribution in [-0.4, -0.2) is 0 Å². The minimum atomic E-state index is 0. The summed E-state index contributed by atoms with van der Waals surface area (Å²) < 4.78 is 0. The van der Waals surface area contributed by atoms with Gasteiger partial charge >= 0.3 is 26.2 Å². The van der Waals surface area contributed by atoms with Crippen LogP contribution in [0.3, 0.4) is 0 Å². The molecule has 0 radical (unpaired) electrons. The number of rotatable bonds is 0. The molecule has 0 aromatic carbocycles. The van der Waals surface area contributed by atoms with Crippen molar-refractivity contribution >= 4 is 24.8 Å². The molecular weight excluding hydrogens is 258 g/mol. The van der Waals surface area contributed by atoms with Gasteiger partial charge < -0.3 is 6.92 Å². The van der Waals surface area contributed by atoms with Crippen LogP contribution in [0.5, 0.6) is 0 Å². The first-order valence-corrected chi connectivity index (χ1v) is 2.92. The molecule has 0 aliphatic heterocycles. The van der Waals surface area contributed by atoms with Crippen LogP contribution in [0.1, 0.15) is 19.8 Å². The first kappa shape index (κ1) is 22.7. The first-order chi connectivity index (χ1) is 3.91. The van der Waals surface area contributed by atoms with Gasteiger partial charge in [-0.3, -0.25) is 6.08 Å². The molecule has 3 heteroatoms. The van der Waals surface area contributed by atoms with Crippen molar-refractivity contribution in [1.29, 1.82) is 0 Å². The summed E-state index contributed by atoms with van der Waals surface area (Å²) in [5, 5.41) is 0. The summed E-state index contributed by atoms with van der Waals surface area (Å²) in [6, 6.07) is 0. The predicted molar refractivity (Wildman–Crippen MR) is 51.7 cm³/mol. The quantitative estimate of drug-likeness (QED) is 0.593. The largest absolute Gasteiger partial charge is 2.00 e. The topological polar surface area (TPSA) is 0 Å². The van der Waals surface area contributed by atoms with E-state index in [1.54, 1.807) is 0 Å². The molecule has 0 unspecified atom stereocenters. The van der Waals surface area contributed by atoms with Crippen LogP contribution in [0.15, 0.2) is 18.2 Å². The van der Waals surface area contributed by atoms with Gasteiger partial charge in [0.05, 0.1) is 0 Å². The van der Waals surface area contributed by atoms with E-state index < -0.39 is 0 Å². The summed E-state index contributed by atoms with van der Waals surface area (Å²) in [5.74, 6) is 0. The van der Waals surface area contributed by atoms with Gasteiger partial charge in [0.2, 0.25) is 0 Å². The third kappa shape index (κ3) is 24.8. The maximum Gasteiger partial charge on any atom is 2.00 e.